The lowest BCUT2D eigenvalue weighted by molar-refractivity contribution is -0.595. The molecule has 1 aromatic carbocycles. The van der Waals surface area contributed by atoms with Crippen LogP contribution in [-0.4, -0.2) is 10.2 Å². The van der Waals surface area contributed by atoms with Crippen LogP contribution in [0.3, 0.4) is 0 Å². The van der Waals surface area contributed by atoms with Crippen LogP contribution in [0.25, 0.3) is 17.1 Å². The zero-order valence-electron chi connectivity index (χ0n) is 11.1. The Labute approximate surface area is 112 Å². The van der Waals surface area contributed by atoms with Gasteiger partial charge in [-0.05, 0) is 31.5 Å². The largest absolute Gasteiger partial charge is 0.306 e. The summed E-state index contributed by atoms with van der Waals surface area (Å²) in [5, 5.41) is 7.09. The van der Waals surface area contributed by atoms with E-state index in [-0.39, 0.29) is 0 Å². The number of H-pyrrole nitrogens is 1. The molecule has 0 spiro atoms. The van der Waals surface area contributed by atoms with Crippen LogP contribution in [0.2, 0.25) is 0 Å². The predicted molar refractivity (Wildman–Crippen MR) is 75.0 cm³/mol. The number of nitrogens with zero attached hydrogens (tertiary/aromatic N) is 2. The molecule has 0 fully saturated rings. The van der Waals surface area contributed by atoms with Crippen LogP contribution in [0.4, 0.5) is 0 Å². The average Bonchev–Trinajstić information content (AvgIpc) is 2.92. The number of nitrogens with one attached hydrogen (secondary N) is 1. The number of hydrogen-bond acceptors (Lipinski definition) is 1. The molecule has 3 heteroatoms. The predicted octanol–water partition coefficient (Wildman–Crippen LogP) is 2.97. The Morgan fingerprint density at radius 2 is 1.79 bits per heavy atom. The Morgan fingerprint density at radius 3 is 2.47 bits per heavy atom. The summed E-state index contributed by atoms with van der Waals surface area (Å²) < 4.78 is 2.19. The molecule has 3 aromatic rings. The van der Waals surface area contributed by atoms with Crippen molar-refractivity contribution < 1.29 is 4.57 Å². The number of rotatable bonds is 2. The smallest absolute Gasteiger partial charge is 0.195 e. The van der Waals surface area contributed by atoms with E-state index in [0.717, 1.165) is 5.82 Å². The third-order valence-corrected chi connectivity index (χ3v) is 3.19. The van der Waals surface area contributed by atoms with Crippen molar-refractivity contribution in [1.82, 2.24) is 10.2 Å². The normalized spacial score (nSPS) is 10.6. The second-order valence-electron chi connectivity index (χ2n) is 4.70. The van der Waals surface area contributed by atoms with Gasteiger partial charge in [-0.25, -0.2) is 0 Å². The first-order chi connectivity index (χ1) is 9.25. The molecular formula is C16H16N3+. The monoisotopic (exact) mass is 250 g/mol. The highest BCUT2D eigenvalue weighted by Gasteiger charge is 2.17. The summed E-state index contributed by atoms with van der Waals surface area (Å²) in [5.41, 5.74) is 4.81. The number of aromatic nitrogens is 3. The molecule has 0 saturated heterocycles. The molecule has 0 aliphatic rings. The van der Waals surface area contributed by atoms with Crippen LogP contribution < -0.4 is 4.57 Å². The Balaban J connectivity index is 2.29. The van der Waals surface area contributed by atoms with Gasteiger partial charge in [0.25, 0.3) is 0 Å². The standard InChI is InChI=1S/C16H16N3/c1-12-10-13(2)19(16-8-9-17-18-16)15(11-12)14-6-4-3-5-7-14/h3-11H,1-2H3,(H,17,18)/q+1. The van der Waals surface area contributed by atoms with Crippen LogP contribution in [0.5, 0.6) is 0 Å². The summed E-state index contributed by atoms with van der Waals surface area (Å²) in [6.45, 7) is 4.23. The van der Waals surface area contributed by atoms with E-state index < -0.39 is 0 Å². The van der Waals surface area contributed by atoms with E-state index in [9.17, 15) is 0 Å². The molecule has 0 unspecified atom stereocenters. The Kier molecular flexibility index (Phi) is 2.88. The summed E-state index contributed by atoms with van der Waals surface area (Å²) >= 11 is 0. The minimum Gasteiger partial charge on any atom is -0.195 e. The van der Waals surface area contributed by atoms with Gasteiger partial charge in [0.2, 0.25) is 0 Å². The van der Waals surface area contributed by atoms with Crippen LogP contribution in [0.1, 0.15) is 11.3 Å². The number of aryl methyl sites for hydroxylation is 2. The van der Waals surface area contributed by atoms with Crippen LogP contribution in [0, 0.1) is 13.8 Å². The molecule has 1 N–H and O–H groups in total. The van der Waals surface area contributed by atoms with Gasteiger partial charge in [-0.15, -0.1) is 5.10 Å². The molecule has 2 aromatic heterocycles. The minimum absolute atomic E-state index is 0.983. The fraction of sp³-hybridized carbons (Fsp3) is 0.125. The van der Waals surface area contributed by atoms with Crippen molar-refractivity contribution >= 4 is 0 Å². The van der Waals surface area contributed by atoms with Crippen molar-refractivity contribution in [3.05, 3.63) is 66.0 Å². The second kappa shape index (κ2) is 4.69. The molecular weight excluding hydrogens is 234 g/mol. The van der Waals surface area contributed by atoms with Crippen molar-refractivity contribution in [2.24, 2.45) is 0 Å². The molecule has 0 atom stereocenters. The van der Waals surface area contributed by atoms with E-state index in [4.69, 9.17) is 0 Å². The number of aromatic amines is 1. The van der Waals surface area contributed by atoms with E-state index in [2.05, 4.69) is 65.0 Å². The highest BCUT2D eigenvalue weighted by molar-refractivity contribution is 5.57. The van der Waals surface area contributed by atoms with Crippen molar-refractivity contribution in [3.8, 4) is 17.1 Å². The van der Waals surface area contributed by atoms with Crippen molar-refractivity contribution in [1.29, 1.82) is 0 Å². The van der Waals surface area contributed by atoms with Gasteiger partial charge in [0.15, 0.2) is 0 Å². The molecule has 0 saturated carbocycles. The molecule has 0 amide bonds. The van der Waals surface area contributed by atoms with Gasteiger partial charge in [-0.3, -0.25) is 0 Å². The van der Waals surface area contributed by atoms with Gasteiger partial charge in [-0.2, -0.15) is 4.57 Å². The highest BCUT2D eigenvalue weighted by atomic mass is 15.2. The van der Waals surface area contributed by atoms with Crippen molar-refractivity contribution in [3.63, 3.8) is 0 Å². The van der Waals surface area contributed by atoms with E-state index in [1.807, 2.05) is 12.1 Å². The van der Waals surface area contributed by atoms with E-state index in [0.29, 0.717) is 0 Å². The fourth-order valence-electron chi connectivity index (χ4n) is 2.42. The average molecular weight is 250 g/mol. The molecule has 19 heavy (non-hydrogen) atoms. The summed E-state index contributed by atoms with van der Waals surface area (Å²) in [7, 11) is 0. The van der Waals surface area contributed by atoms with Crippen LogP contribution in [-0.2, 0) is 0 Å². The van der Waals surface area contributed by atoms with Gasteiger partial charge < -0.3 is 0 Å². The first kappa shape index (κ1) is 11.7. The number of pyridine rings is 1. The quantitative estimate of drug-likeness (QED) is 0.697. The SMILES string of the molecule is Cc1cc(C)[n+](-c2ccn[nH]2)c(-c2ccccc2)c1. The summed E-state index contributed by atoms with van der Waals surface area (Å²) in [5.74, 6) is 0.983. The molecule has 94 valence electrons. The van der Waals surface area contributed by atoms with Crippen molar-refractivity contribution in [2.75, 3.05) is 0 Å². The topological polar surface area (TPSA) is 32.6 Å². The Morgan fingerprint density at radius 1 is 1.00 bits per heavy atom. The van der Waals surface area contributed by atoms with Gasteiger partial charge >= 0.3 is 5.82 Å². The lowest BCUT2D eigenvalue weighted by atomic mass is 10.1. The maximum atomic E-state index is 4.05. The second-order valence-corrected chi connectivity index (χ2v) is 4.70. The molecule has 0 aliphatic heterocycles. The molecule has 0 bridgehead atoms. The van der Waals surface area contributed by atoms with Crippen molar-refractivity contribution in [2.45, 2.75) is 13.8 Å². The Hall–Kier alpha value is -2.42. The van der Waals surface area contributed by atoms with Crippen LogP contribution >= 0.6 is 0 Å². The first-order valence-electron chi connectivity index (χ1n) is 6.34. The highest BCUT2D eigenvalue weighted by Crippen LogP contribution is 2.18. The lowest BCUT2D eigenvalue weighted by Gasteiger charge is -2.09. The van der Waals surface area contributed by atoms with Gasteiger partial charge in [0, 0.05) is 5.56 Å². The lowest BCUT2D eigenvalue weighted by Crippen LogP contribution is -2.37. The van der Waals surface area contributed by atoms with Gasteiger partial charge in [-0.1, -0.05) is 35.4 Å². The van der Waals surface area contributed by atoms with E-state index >= 15 is 0 Å². The molecule has 0 radical (unpaired) electrons. The molecule has 2 heterocycles. The molecule has 0 aliphatic carbocycles. The first-order valence-corrected chi connectivity index (χ1v) is 6.34. The number of benzene rings is 1. The van der Waals surface area contributed by atoms with E-state index in [1.54, 1.807) is 6.20 Å². The third-order valence-electron chi connectivity index (χ3n) is 3.19. The zero-order chi connectivity index (χ0) is 13.2. The number of hydrogen-bond donors (Lipinski definition) is 1. The fourth-order valence-corrected chi connectivity index (χ4v) is 2.42. The minimum atomic E-state index is 0.983. The Bertz CT molecular complexity index is 686. The van der Waals surface area contributed by atoms with Crippen LogP contribution in [0.15, 0.2) is 54.7 Å². The summed E-state index contributed by atoms with van der Waals surface area (Å²) in [4.78, 5) is 0. The maximum absolute atomic E-state index is 4.05. The van der Waals surface area contributed by atoms with Gasteiger partial charge in [0.1, 0.15) is 11.4 Å². The molecule has 3 rings (SSSR count). The summed E-state index contributed by atoms with van der Waals surface area (Å²) in [6, 6.07) is 16.8. The summed E-state index contributed by atoms with van der Waals surface area (Å²) in [6.07, 6.45) is 1.77. The zero-order valence-corrected chi connectivity index (χ0v) is 11.1. The van der Waals surface area contributed by atoms with E-state index in [1.165, 1.54) is 22.5 Å². The van der Waals surface area contributed by atoms with Gasteiger partial charge in [0.05, 0.1) is 12.3 Å². The molecule has 3 nitrogen and oxygen atoms in total. The maximum Gasteiger partial charge on any atom is 0.306 e. The third kappa shape index (κ3) is 2.15.